The highest BCUT2D eigenvalue weighted by Crippen LogP contribution is 2.22. The van der Waals surface area contributed by atoms with Crippen LogP contribution in [-0.4, -0.2) is 20.4 Å². The van der Waals surface area contributed by atoms with Gasteiger partial charge in [0.1, 0.15) is 5.82 Å². The summed E-state index contributed by atoms with van der Waals surface area (Å²) in [6.07, 6.45) is 0. The second kappa shape index (κ2) is 5.45. The standard InChI is InChI=1S/C17H13FN4O2/c18-13-6-8-14(9-7-13)20-11-15-19-21(17(24)22(15)16(20)23)10-12-4-2-1-3-5-12/h1-9H,10-11H2. The second-order valence-corrected chi connectivity index (χ2v) is 5.52. The Morgan fingerprint density at radius 1 is 1.00 bits per heavy atom. The summed E-state index contributed by atoms with van der Waals surface area (Å²) in [7, 11) is 0. The highest BCUT2D eigenvalue weighted by Gasteiger charge is 2.33. The Labute approximate surface area is 136 Å². The van der Waals surface area contributed by atoms with E-state index >= 15 is 0 Å². The van der Waals surface area contributed by atoms with E-state index in [1.54, 1.807) is 0 Å². The Morgan fingerprint density at radius 2 is 1.71 bits per heavy atom. The molecule has 24 heavy (non-hydrogen) atoms. The van der Waals surface area contributed by atoms with Crippen molar-refractivity contribution in [2.45, 2.75) is 13.1 Å². The number of nitrogens with zero attached hydrogens (tertiary/aromatic N) is 4. The van der Waals surface area contributed by atoms with Crippen LogP contribution in [0.25, 0.3) is 0 Å². The molecule has 0 saturated heterocycles. The molecule has 4 rings (SSSR count). The number of hydrogen-bond acceptors (Lipinski definition) is 3. The van der Waals surface area contributed by atoms with Crippen LogP contribution in [0.1, 0.15) is 11.4 Å². The smallest absolute Gasteiger partial charge is 0.286 e. The Balaban J connectivity index is 1.64. The molecule has 0 radical (unpaired) electrons. The first-order valence-electron chi connectivity index (χ1n) is 7.43. The van der Waals surface area contributed by atoms with Crippen LogP contribution in [0.2, 0.25) is 0 Å². The zero-order valence-electron chi connectivity index (χ0n) is 12.6. The number of rotatable bonds is 3. The van der Waals surface area contributed by atoms with E-state index in [9.17, 15) is 14.0 Å². The lowest BCUT2D eigenvalue weighted by Gasteiger charge is -2.14. The van der Waals surface area contributed by atoms with Crippen LogP contribution in [0.5, 0.6) is 0 Å². The molecule has 0 spiro atoms. The van der Waals surface area contributed by atoms with E-state index in [1.807, 2.05) is 30.3 Å². The first-order valence-corrected chi connectivity index (χ1v) is 7.43. The van der Waals surface area contributed by atoms with Gasteiger partial charge < -0.3 is 0 Å². The minimum Gasteiger partial charge on any atom is -0.286 e. The quantitative estimate of drug-likeness (QED) is 0.742. The van der Waals surface area contributed by atoms with Crippen molar-refractivity contribution in [3.05, 3.63) is 82.3 Å². The van der Waals surface area contributed by atoms with Crippen molar-refractivity contribution >= 4 is 11.7 Å². The monoisotopic (exact) mass is 324 g/mol. The van der Waals surface area contributed by atoms with E-state index < -0.39 is 11.7 Å². The van der Waals surface area contributed by atoms with Gasteiger partial charge in [-0.3, -0.25) is 4.90 Å². The third-order valence-corrected chi connectivity index (χ3v) is 3.94. The summed E-state index contributed by atoms with van der Waals surface area (Å²) in [5.74, 6) is -0.00129. The van der Waals surface area contributed by atoms with E-state index in [2.05, 4.69) is 5.10 Å². The molecule has 0 bridgehead atoms. The maximum Gasteiger partial charge on any atom is 0.354 e. The van der Waals surface area contributed by atoms with Crippen LogP contribution in [-0.2, 0) is 13.1 Å². The van der Waals surface area contributed by atoms with E-state index in [0.717, 1.165) is 10.1 Å². The topological polar surface area (TPSA) is 60.1 Å². The van der Waals surface area contributed by atoms with Gasteiger partial charge in [0.2, 0.25) is 0 Å². The maximum absolute atomic E-state index is 13.0. The number of halogens is 1. The SMILES string of the molecule is O=C1N(c2ccc(F)cc2)Cc2nn(Cc3ccccc3)c(=O)n21. The van der Waals surface area contributed by atoms with Crippen molar-refractivity contribution in [1.82, 2.24) is 14.3 Å². The largest absolute Gasteiger partial charge is 0.354 e. The molecule has 0 aliphatic carbocycles. The average molecular weight is 324 g/mol. The van der Waals surface area contributed by atoms with Crippen molar-refractivity contribution < 1.29 is 9.18 Å². The molecule has 3 aromatic rings. The van der Waals surface area contributed by atoms with Gasteiger partial charge in [-0.15, -0.1) is 0 Å². The predicted octanol–water partition coefficient (Wildman–Crippen LogP) is 2.22. The Bertz CT molecular complexity index is 961. The van der Waals surface area contributed by atoms with Crippen LogP contribution < -0.4 is 10.6 Å². The summed E-state index contributed by atoms with van der Waals surface area (Å²) in [6, 6.07) is 14.5. The number of anilines is 1. The van der Waals surface area contributed by atoms with Gasteiger partial charge in [-0.05, 0) is 29.8 Å². The van der Waals surface area contributed by atoms with Crippen LogP contribution in [0.15, 0.2) is 59.4 Å². The zero-order chi connectivity index (χ0) is 16.7. The van der Waals surface area contributed by atoms with Gasteiger partial charge in [0.25, 0.3) is 0 Å². The average Bonchev–Trinajstić information content (AvgIpc) is 3.07. The van der Waals surface area contributed by atoms with Gasteiger partial charge in [-0.1, -0.05) is 30.3 Å². The molecule has 1 aliphatic heterocycles. The lowest BCUT2D eigenvalue weighted by Crippen LogP contribution is -2.35. The third-order valence-electron chi connectivity index (χ3n) is 3.94. The molecule has 1 aromatic heterocycles. The van der Waals surface area contributed by atoms with Crippen LogP contribution in [0.4, 0.5) is 14.9 Å². The zero-order valence-corrected chi connectivity index (χ0v) is 12.6. The number of hydrogen-bond donors (Lipinski definition) is 0. The van der Waals surface area contributed by atoms with Crippen LogP contribution in [0, 0.1) is 5.82 Å². The molecule has 1 amide bonds. The van der Waals surface area contributed by atoms with Crippen molar-refractivity contribution in [3.8, 4) is 0 Å². The number of fused-ring (bicyclic) bond motifs is 1. The van der Waals surface area contributed by atoms with E-state index in [4.69, 9.17) is 0 Å². The molecule has 0 atom stereocenters. The van der Waals surface area contributed by atoms with Gasteiger partial charge in [-0.2, -0.15) is 9.67 Å². The van der Waals surface area contributed by atoms with Crippen molar-refractivity contribution in [1.29, 1.82) is 0 Å². The lowest BCUT2D eigenvalue weighted by atomic mass is 10.2. The first-order chi connectivity index (χ1) is 11.6. The molecule has 6 nitrogen and oxygen atoms in total. The van der Waals surface area contributed by atoms with Crippen molar-refractivity contribution in [3.63, 3.8) is 0 Å². The fourth-order valence-electron chi connectivity index (χ4n) is 2.76. The van der Waals surface area contributed by atoms with Gasteiger partial charge in [-0.25, -0.2) is 18.7 Å². The Hall–Kier alpha value is -3.22. The minimum absolute atomic E-state index is 0.182. The molecular weight excluding hydrogens is 311 g/mol. The summed E-state index contributed by atoms with van der Waals surface area (Å²) in [6.45, 7) is 0.491. The maximum atomic E-state index is 13.0. The Kier molecular flexibility index (Phi) is 3.26. The first kappa shape index (κ1) is 14.4. The van der Waals surface area contributed by atoms with Gasteiger partial charge in [0, 0.05) is 5.69 Å². The summed E-state index contributed by atoms with van der Waals surface area (Å²) in [5.41, 5.74) is 0.989. The highest BCUT2D eigenvalue weighted by atomic mass is 19.1. The Morgan fingerprint density at radius 3 is 2.38 bits per heavy atom. The minimum atomic E-state index is -0.471. The van der Waals surface area contributed by atoms with Crippen LogP contribution >= 0.6 is 0 Å². The summed E-state index contributed by atoms with van der Waals surface area (Å²) in [5, 5.41) is 4.26. The summed E-state index contributed by atoms with van der Waals surface area (Å²) >= 11 is 0. The lowest BCUT2D eigenvalue weighted by molar-refractivity contribution is 0.250. The van der Waals surface area contributed by atoms with E-state index in [-0.39, 0.29) is 12.4 Å². The molecule has 2 heterocycles. The summed E-state index contributed by atoms with van der Waals surface area (Å²) < 4.78 is 15.4. The molecule has 0 fully saturated rings. The molecule has 7 heteroatoms. The number of aromatic nitrogens is 3. The molecule has 120 valence electrons. The van der Waals surface area contributed by atoms with Gasteiger partial charge in [0.05, 0.1) is 13.1 Å². The normalized spacial score (nSPS) is 13.4. The molecule has 0 saturated carbocycles. The molecule has 2 aromatic carbocycles. The fraction of sp³-hybridized carbons (Fsp3) is 0.118. The molecule has 0 unspecified atom stereocenters. The van der Waals surface area contributed by atoms with Crippen molar-refractivity contribution in [2.24, 2.45) is 0 Å². The van der Waals surface area contributed by atoms with Gasteiger partial charge >= 0.3 is 11.7 Å². The highest BCUT2D eigenvalue weighted by molar-refractivity contribution is 5.95. The second-order valence-electron chi connectivity index (χ2n) is 5.52. The fourth-order valence-corrected chi connectivity index (χ4v) is 2.76. The van der Waals surface area contributed by atoms with Gasteiger partial charge in [0.15, 0.2) is 5.82 Å². The molecule has 0 N–H and O–H groups in total. The number of benzene rings is 2. The molecular formula is C17H13FN4O2. The number of amides is 1. The predicted molar refractivity (Wildman–Crippen MR) is 85.4 cm³/mol. The van der Waals surface area contributed by atoms with E-state index in [1.165, 1.54) is 33.8 Å². The van der Waals surface area contributed by atoms with Crippen molar-refractivity contribution in [2.75, 3.05) is 4.90 Å². The van der Waals surface area contributed by atoms with E-state index in [0.29, 0.717) is 18.1 Å². The number of carbonyl (C=O) groups excluding carboxylic acids is 1. The number of carbonyl (C=O) groups is 1. The third kappa shape index (κ3) is 2.30. The van der Waals surface area contributed by atoms with Crippen LogP contribution in [0.3, 0.4) is 0 Å². The summed E-state index contributed by atoms with van der Waals surface area (Å²) in [4.78, 5) is 26.4. The molecule has 1 aliphatic rings.